The van der Waals surface area contributed by atoms with Crippen molar-refractivity contribution in [3.8, 4) is 5.75 Å². The van der Waals surface area contributed by atoms with Gasteiger partial charge in [-0.3, -0.25) is 0 Å². The average Bonchev–Trinajstić information content (AvgIpc) is 2.54. The van der Waals surface area contributed by atoms with Crippen LogP contribution >= 0.6 is 0 Å². The van der Waals surface area contributed by atoms with E-state index in [-0.39, 0.29) is 0 Å². The fourth-order valence-electron chi connectivity index (χ4n) is 2.50. The van der Waals surface area contributed by atoms with Gasteiger partial charge in [-0.05, 0) is 49.6 Å². The third-order valence-corrected chi connectivity index (χ3v) is 3.65. The Labute approximate surface area is 128 Å². The van der Waals surface area contributed by atoms with Gasteiger partial charge in [-0.1, -0.05) is 49.4 Å². The minimum Gasteiger partial charge on any atom is -0.494 e. The summed E-state index contributed by atoms with van der Waals surface area (Å²) in [5, 5.41) is 3.64. The molecule has 2 aromatic carbocycles. The minimum atomic E-state index is 0.407. The molecule has 1 N–H and O–H groups in total. The smallest absolute Gasteiger partial charge is 0.119 e. The van der Waals surface area contributed by atoms with Crippen LogP contribution in [0.3, 0.4) is 0 Å². The van der Waals surface area contributed by atoms with Gasteiger partial charge in [-0.2, -0.15) is 0 Å². The van der Waals surface area contributed by atoms with Gasteiger partial charge in [0.25, 0.3) is 0 Å². The summed E-state index contributed by atoms with van der Waals surface area (Å²) >= 11 is 0. The van der Waals surface area contributed by atoms with E-state index in [1.807, 2.05) is 6.92 Å². The Balaban J connectivity index is 1.87. The Morgan fingerprint density at radius 2 is 1.67 bits per heavy atom. The monoisotopic (exact) mass is 283 g/mol. The zero-order valence-corrected chi connectivity index (χ0v) is 13.0. The molecule has 1 unspecified atom stereocenters. The van der Waals surface area contributed by atoms with E-state index in [4.69, 9.17) is 4.74 Å². The molecule has 1 atom stereocenters. The van der Waals surface area contributed by atoms with Crippen molar-refractivity contribution in [1.29, 1.82) is 0 Å². The van der Waals surface area contributed by atoms with Crippen molar-refractivity contribution in [2.45, 2.75) is 32.7 Å². The molecule has 0 aliphatic rings. The Morgan fingerprint density at radius 1 is 0.952 bits per heavy atom. The van der Waals surface area contributed by atoms with Crippen molar-refractivity contribution in [2.75, 3.05) is 13.2 Å². The van der Waals surface area contributed by atoms with Crippen LogP contribution in [0.4, 0.5) is 0 Å². The van der Waals surface area contributed by atoms with Crippen LogP contribution in [0.5, 0.6) is 5.75 Å². The zero-order valence-electron chi connectivity index (χ0n) is 13.0. The highest BCUT2D eigenvalue weighted by Gasteiger charge is 2.08. The molecule has 21 heavy (non-hydrogen) atoms. The quantitative estimate of drug-likeness (QED) is 0.777. The number of hydrogen-bond donors (Lipinski definition) is 1. The van der Waals surface area contributed by atoms with Crippen molar-refractivity contribution >= 4 is 0 Å². The van der Waals surface area contributed by atoms with E-state index in [1.165, 1.54) is 11.1 Å². The SMILES string of the molecule is CCOc1ccc(C(CC)NCCc2ccccc2)cc1. The minimum absolute atomic E-state index is 0.407. The van der Waals surface area contributed by atoms with Crippen molar-refractivity contribution in [2.24, 2.45) is 0 Å². The lowest BCUT2D eigenvalue weighted by Crippen LogP contribution is -2.23. The molecule has 2 heteroatoms. The summed E-state index contributed by atoms with van der Waals surface area (Å²) in [6.45, 7) is 5.94. The first-order valence-corrected chi connectivity index (χ1v) is 7.83. The van der Waals surface area contributed by atoms with Crippen LogP contribution in [-0.4, -0.2) is 13.2 Å². The third kappa shape index (κ3) is 4.91. The highest BCUT2D eigenvalue weighted by atomic mass is 16.5. The Morgan fingerprint density at radius 3 is 2.29 bits per heavy atom. The maximum absolute atomic E-state index is 5.49. The third-order valence-electron chi connectivity index (χ3n) is 3.65. The van der Waals surface area contributed by atoms with Gasteiger partial charge in [0.2, 0.25) is 0 Å². The molecule has 0 spiro atoms. The van der Waals surface area contributed by atoms with E-state index in [1.54, 1.807) is 0 Å². The van der Waals surface area contributed by atoms with Gasteiger partial charge in [0.1, 0.15) is 5.75 Å². The van der Waals surface area contributed by atoms with E-state index < -0.39 is 0 Å². The standard InChI is InChI=1S/C19H25NO/c1-3-19(17-10-12-18(13-11-17)21-4-2)20-15-14-16-8-6-5-7-9-16/h5-13,19-20H,3-4,14-15H2,1-2H3. The first-order chi connectivity index (χ1) is 10.3. The number of rotatable bonds is 8. The molecule has 2 nitrogen and oxygen atoms in total. The van der Waals surface area contributed by atoms with E-state index >= 15 is 0 Å². The first-order valence-electron chi connectivity index (χ1n) is 7.83. The van der Waals surface area contributed by atoms with Crippen LogP contribution < -0.4 is 10.1 Å². The summed E-state index contributed by atoms with van der Waals surface area (Å²) in [4.78, 5) is 0. The lowest BCUT2D eigenvalue weighted by Gasteiger charge is -2.18. The van der Waals surface area contributed by atoms with Crippen LogP contribution in [0.25, 0.3) is 0 Å². The highest BCUT2D eigenvalue weighted by Crippen LogP contribution is 2.20. The predicted molar refractivity (Wildman–Crippen MR) is 88.8 cm³/mol. The van der Waals surface area contributed by atoms with Crippen molar-refractivity contribution < 1.29 is 4.74 Å². The normalized spacial score (nSPS) is 12.1. The Hall–Kier alpha value is -1.80. The Bertz CT molecular complexity index is 507. The molecule has 0 radical (unpaired) electrons. The van der Waals surface area contributed by atoms with E-state index in [9.17, 15) is 0 Å². The molecule has 0 amide bonds. The first kappa shape index (κ1) is 15.6. The fraction of sp³-hybridized carbons (Fsp3) is 0.368. The molecule has 2 aromatic rings. The fourth-order valence-corrected chi connectivity index (χ4v) is 2.50. The molecular weight excluding hydrogens is 258 g/mol. The van der Waals surface area contributed by atoms with E-state index in [0.717, 1.165) is 25.1 Å². The molecule has 112 valence electrons. The molecule has 2 rings (SSSR count). The van der Waals surface area contributed by atoms with Crippen LogP contribution in [0, 0.1) is 0 Å². The summed E-state index contributed by atoms with van der Waals surface area (Å²) in [5.41, 5.74) is 2.71. The molecule has 0 saturated carbocycles. The second-order valence-electron chi connectivity index (χ2n) is 5.15. The maximum Gasteiger partial charge on any atom is 0.119 e. The van der Waals surface area contributed by atoms with Gasteiger partial charge in [-0.15, -0.1) is 0 Å². The Kier molecular flexibility index (Phi) is 6.29. The largest absolute Gasteiger partial charge is 0.494 e. The van der Waals surface area contributed by atoms with E-state index in [0.29, 0.717) is 12.6 Å². The second kappa shape index (κ2) is 8.48. The number of benzene rings is 2. The second-order valence-corrected chi connectivity index (χ2v) is 5.15. The molecular formula is C19H25NO. The van der Waals surface area contributed by atoms with Crippen LogP contribution in [0.1, 0.15) is 37.4 Å². The number of hydrogen-bond acceptors (Lipinski definition) is 2. The summed E-state index contributed by atoms with van der Waals surface area (Å²) in [6.07, 6.45) is 2.15. The molecule has 0 fully saturated rings. The summed E-state index contributed by atoms with van der Waals surface area (Å²) < 4.78 is 5.49. The van der Waals surface area contributed by atoms with Gasteiger partial charge >= 0.3 is 0 Å². The molecule has 0 aromatic heterocycles. The van der Waals surface area contributed by atoms with Crippen LogP contribution in [-0.2, 0) is 6.42 Å². The lowest BCUT2D eigenvalue weighted by atomic mass is 10.0. The molecule has 0 saturated heterocycles. The van der Waals surface area contributed by atoms with Gasteiger partial charge in [0.15, 0.2) is 0 Å². The number of nitrogens with one attached hydrogen (secondary N) is 1. The molecule has 0 heterocycles. The van der Waals surface area contributed by atoms with Gasteiger partial charge in [-0.25, -0.2) is 0 Å². The average molecular weight is 283 g/mol. The number of ether oxygens (including phenoxy) is 1. The van der Waals surface area contributed by atoms with Crippen molar-refractivity contribution in [3.05, 3.63) is 65.7 Å². The molecule has 0 aliphatic heterocycles. The summed E-state index contributed by atoms with van der Waals surface area (Å²) in [5.74, 6) is 0.945. The predicted octanol–water partition coefficient (Wildman–Crippen LogP) is 4.37. The highest BCUT2D eigenvalue weighted by molar-refractivity contribution is 5.29. The summed E-state index contributed by atoms with van der Waals surface area (Å²) in [6, 6.07) is 19.5. The molecule has 0 aliphatic carbocycles. The van der Waals surface area contributed by atoms with Gasteiger partial charge in [0, 0.05) is 6.04 Å². The zero-order chi connectivity index (χ0) is 14.9. The van der Waals surface area contributed by atoms with Gasteiger partial charge in [0.05, 0.1) is 6.61 Å². The summed E-state index contributed by atoms with van der Waals surface area (Å²) in [7, 11) is 0. The molecule has 0 bridgehead atoms. The lowest BCUT2D eigenvalue weighted by molar-refractivity contribution is 0.340. The maximum atomic E-state index is 5.49. The van der Waals surface area contributed by atoms with Gasteiger partial charge < -0.3 is 10.1 Å². The van der Waals surface area contributed by atoms with E-state index in [2.05, 4.69) is 66.8 Å². The van der Waals surface area contributed by atoms with Crippen molar-refractivity contribution in [3.63, 3.8) is 0 Å². The topological polar surface area (TPSA) is 21.3 Å². The van der Waals surface area contributed by atoms with Crippen molar-refractivity contribution in [1.82, 2.24) is 5.32 Å². The van der Waals surface area contributed by atoms with Crippen LogP contribution in [0.2, 0.25) is 0 Å². The van der Waals surface area contributed by atoms with Crippen LogP contribution in [0.15, 0.2) is 54.6 Å².